The summed E-state index contributed by atoms with van der Waals surface area (Å²) >= 11 is 0. The summed E-state index contributed by atoms with van der Waals surface area (Å²) < 4.78 is 0. The van der Waals surface area contributed by atoms with Crippen LogP contribution >= 0.6 is 0 Å². The molecule has 0 radical (unpaired) electrons. The van der Waals surface area contributed by atoms with Crippen LogP contribution in [0.5, 0.6) is 0 Å². The third-order valence-electron chi connectivity index (χ3n) is 4.91. The maximum absolute atomic E-state index is 6.01. The minimum atomic E-state index is 0.465. The van der Waals surface area contributed by atoms with Crippen molar-refractivity contribution in [1.82, 2.24) is 4.90 Å². The van der Waals surface area contributed by atoms with Crippen molar-refractivity contribution in [3.8, 4) is 0 Å². The van der Waals surface area contributed by atoms with Gasteiger partial charge >= 0.3 is 0 Å². The molecule has 0 aromatic heterocycles. The molecule has 2 unspecified atom stereocenters. The largest absolute Gasteiger partial charge is 0.328 e. The minimum absolute atomic E-state index is 0.465. The molecular formula is C13H24N2. The summed E-state index contributed by atoms with van der Waals surface area (Å²) in [7, 11) is 0. The van der Waals surface area contributed by atoms with Gasteiger partial charge in [-0.05, 0) is 63.3 Å². The van der Waals surface area contributed by atoms with Crippen LogP contribution in [0.3, 0.4) is 0 Å². The number of likely N-dealkylation sites (tertiary alicyclic amines) is 1. The van der Waals surface area contributed by atoms with Crippen molar-refractivity contribution in [1.29, 1.82) is 0 Å². The highest BCUT2D eigenvalue weighted by atomic mass is 15.2. The molecule has 2 saturated carbocycles. The van der Waals surface area contributed by atoms with Crippen LogP contribution in [0.25, 0.3) is 0 Å². The Balaban J connectivity index is 1.58. The molecule has 0 spiro atoms. The van der Waals surface area contributed by atoms with E-state index in [0.29, 0.717) is 6.04 Å². The van der Waals surface area contributed by atoms with E-state index in [0.717, 1.165) is 17.4 Å². The lowest BCUT2D eigenvalue weighted by Gasteiger charge is -2.38. The zero-order valence-electron chi connectivity index (χ0n) is 9.91. The second-order valence-corrected chi connectivity index (χ2v) is 6.24. The Morgan fingerprint density at radius 3 is 2.53 bits per heavy atom. The van der Waals surface area contributed by atoms with Crippen LogP contribution in [-0.2, 0) is 0 Å². The lowest BCUT2D eigenvalue weighted by atomic mass is 9.94. The summed E-state index contributed by atoms with van der Waals surface area (Å²) in [6.45, 7) is 4.99. The maximum Gasteiger partial charge on any atom is 0.00819 e. The topological polar surface area (TPSA) is 29.3 Å². The highest BCUT2D eigenvalue weighted by Gasteiger charge is 2.54. The van der Waals surface area contributed by atoms with E-state index in [-0.39, 0.29) is 0 Å². The lowest BCUT2D eigenvalue weighted by molar-refractivity contribution is 0.112. The normalized spacial score (nSPS) is 40.4. The van der Waals surface area contributed by atoms with Gasteiger partial charge in [-0.2, -0.15) is 0 Å². The van der Waals surface area contributed by atoms with E-state index in [1.807, 2.05) is 0 Å². The van der Waals surface area contributed by atoms with Crippen molar-refractivity contribution in [3.63, 3.8) is 0 Å². The van der Waals surface area contributed by atoms with Gasteiger partial charge in [0.25, 0.3) is 0 Å². The third kappa shape index (κ3) is 1.94. The van der Waals surface area contributed by atoms with Gasteiger partial charge in [-0.1, -0.05) is 0 Å². The van der Waals surface area contributed by atoms with Gasteiger partial charge < -0.3 is 5.73 Å². The molecular weight excluding hydrogens is 184 g/mol. The fourth-order valence-electron chi connectivity index (χ4n) is 3.45. The lowest BCUT2D eigenvalue weighted by Crippen LogP contribution is -2.47. The highest BCUT2D eigenvalue weighted by Crippen LogP contribution is 2.61. The molecule has 0 aromatic rings. The third-order valence-corrected chi connectivity index (χ3v) is 4.91. The number of rotatable bonds is 3. The number of nitrogens with two attached hydrogens (primary N) is 1. The van der Waals surface area contributed by atoms with Gasteiger partial charge in [0, 0.05) is 18.6 Å². The van der Waals surface area contributed by atoms with Crippen LogP contribution in [0.1, 0.15) is 45.4 Å². The van der Waals surface area contributed by atoms with Gasteiger partial charge in [-0.3, -0.25) is 4.90 Å². The fourth-order valence-corrected chi connectivity index (χ4v) is 3.45. The Bertz CT molecular complexity index is 243. The van der Waals surface area contributed by atoms with Crippen LogP contribution in [0, 0.1) is 11.3 Å². The van der Waals surface area contributed by atoms with Crippen LogP contribution in [-0.4, -0.2) is 30.1 Å². The van der Waals surface area contributed by atoms with E-state index in [1.54, 1.807) is 0 Å². The molecule has 15 heavy (non-hydrogen) atoms. The molecule has 3 rings (SSSR count). The summed E-state index contributed by atoms with van der Waals surface area (Å²) in [5.41, 5.74) is 6.79. The van der Waals surface area contributed by atoms with Crippen LogP contribution in [0.15, 0.2) is 0 Å². The molecule has 1 saturated heterocycles. The first kappa shape index (κ1) is 10.1. The van der Waals surface area contributed by atoms with Gasteiger partial charge in [-0.15, -0.1) is 0 Å². The van der Waals surface area contributed by atoms with Crippen LogP contribution in [0.2, 0.25) is 0 Å². The van der Waals surface area contributed by atoms with E-state index in [9.17, 15) is 0 Å². The van der Waals surface area contributed by atoms with E-state index in [1.165, 1.54) is 51.6 Å². The monoisotopic (exact) mass is 208 g/mol. The van der Waals surface area contributed by atoms with Crippen molar-refractivity contribution in [2.45, 2.75) is 57.5 Å². The van der Waals surface area contributed by atoms with Gasteiger partial charge in [0.15, 0.2) is 0 Å². The molecule has 0 amide bonds. The Kier molecular flexibility index (Phi) is 2.33. The smallest absolute Gasteiger partial charge is 0.00819 e. The van der Waals surface area contributed by atoms with E-state index in [2.05, 4.69) is 11.8 Å². The summed E-state index contributed by atoms with van der Waals surface area (Å²) in [6.07, 6.45) is 8.47. The molecule has 2 heteroatoms. The average molecular weight is 208 g/mol. The maximum atomic E-state index is 6.01. The molecule has 0 aromatic carbocycles. The Morgan fingerprint density at radius 1 is 1.27 bits per heavy atom. The number of hydrogen-bond acceptors (Lipinski definition) is 2. The van der Waals surface area contributed by atoms with Crippen LogP contribution in [0.4, 0.5) is 0 Å². The first-order valence-corrected chi connectivity index (χ1v) is 6.69. The summed E-state index contributed by atoms with van der Waals surface area (Å²) in [5, 5.41) is 0. The van der Waals surface area contributed by atoms with E-state index in [4.69, 9.17) is 5.73 Å². The van der Waals surface area contributed by atoms with E-state index < -0.39 is 0 Å². The molecule has 2 aliphatic carbocycles. The Morgan fingerprint density at radius 2 is 2.00 bits per heavy atom. The molecule has 3 aliphatic rings. The zero-order valence-corrected chi connectivity index (χ0v) is 9.91. The van der Waals surface area contributed by atoms with Crippen LogP contribution < -0.4 is 5.73 Å². The zero-order chi connectivity index (χ0) is 10.5. The highest BCUT2D eigenvalue weighted by molar-refractivity contribution is 5.06. The van der Waals surface area contributed by atoms with Gasteiger partial charge in [0.2, 0.25) is 0 Å². The minimum Gasteiger partial charge on any atom is -0.328 e. The quantitative estimate of drug-likeness (QED) is 0.768. The second kappa shape index (κ2) is 3.46. The first-order valence-electron chi connectivity index (χ1n) is 6.69. The summed E-state index contributed by atoms with van der Waals surface area (Å²) in [5.74, 6) is 1.10. The molecule has 1 heterocycles. The van der Waals surface area contributed by atoms with Gasteiger partial charge in [0.1, 0.15) is 0 Å². The molecule has 0 bridgehead atoms. The van der Waals surface area contributed by atoms with Gasteiger partial charge in [0.05, 0.1) is 0 Å². The predicted octanol–water partition coefficient (Wildman–Crippen LogP) is 1.99. The van der Waals surface area contributed by atoms with Crippen molar-refractivity contribution >= 4 is 0 Å². The predicted molar refractivity (Wildman–Crippen MR) is 62.6 cm³/mol. The standard InChI is InChI=1S/C13H24N2/c1-10-8-12(14)4-7-15(10)9-13(5-6-13)11-2-3-11/h10-12H,2-9,14H2,1H3. The van der Waals surface area contributed by atoms with E-state index >= 15 is 0 Å². The molecule has 1 aliphatic heterocycles. The average Bonchev–Trinajstić information content (AvgIpc) is 2.99. The Hall–Kier alpha value is -0.0800. The molecule has 3 fully saturated rings. The number of hydrogen-bond donors (Lipinski definition) is 1. The number of piperidine rings is 1. The molecule has 2 nitrogen and oxygen atoms in total. The van der Waals surface area contributed by atoms with Crippen molar-refractivity contribution in [2.75, 3.05) is 13.1 Å². The first-order chi connectivity index (χ1) is 7.20. The molecule has 86 valence electrons. The van der Waals surface area contributed by atoms with Crippen molar-refractivity contribution in [3.05, 3.63) is 0 Å². The van der Waals surface area contributed by atoms with Crippen molar-refractivity contribution < 1.29 is 0 Å². The Labute approximate surface area is 93.2 Å². The molecule has 2 atom stereocenters. The summed E-state index contributed by atoms with van der Waals surface area (Å²) in [4.78, 5) is 2.72. The summed E-state index contributed by atoms with van der Waals surface area (Å²) in [6, 6.07) is 1.19. The van der Waals surface area contributed by atoms with Gasteiger partial charge in [-0.25, -0.2) is 0 Å². The van der Waals surface area contributed by atoms with Crippen molar-refractivity contribution in [2.24, 2.45) is 17.1 Å². The fraction of sp³-hybridized carbons (Fsp3) is 1.00. The number of nitrogens with zero attached hydrogens (tertiary/aromatic N) is 1. The molecule has 2 N–H and O–H groups in total. The second-order valence-electron chi connectivity index (χ2n) is 6.24. The SMILES string of the molecule is CC1CC(N)CCN1CC1(C2CC2)CC1.